The largest absolute Gasteiger partial charge is 0.497 e. The first-order valence-corrected chi connectivity index (χ1v) is 16.8. The van der Waals surface area contributed by atoms with E-state index in [0.29, 0.717) is 34.8 Å². The number of carbonyl (C=O) groups is 4. The lowest BCUT2D eigenvalue weighted by atomic mass is 9.85. The number of ether oxygens (including phenoxy) is 3. The van der Waals surface area contributed by atoms with Gasteiger partial charge in [-0.2, -0.15) is 0 Å². The predicted octanol–water partition coefficient (Wildman–Crippen LogP) is 3.78. The molecule has 0 spiro atoms. The fourth-order valence-corrected chi connectivity index (χ4v) is 6.94. The van der Waals surface area contributed by atoms with Gasteiger partial charge in [0.15, 0.2) is 0 Å². The molecule has 6 rings (SSSR count). The molecule has 13 heteroatoms. The smallest absolute Gasteiger partial charge is 0.408 e. The zero-order valence-electron chi connectivity index (χ0n) is 28.0. The molecule has 1 aromatic heterocycles. The number of aryl methyl sites for hydroxylation is 1. The van der Waals surface area contributed by atoms with Crippen molar-refractivity contribution in [3.63, 3.8) is 0 Å². The van der Waals surface area contributed by atoms with Crippen LogP contribution in [0.5, 0.6) is 11.6 Å². The van der Waals surface area contributed by atoms with E-state index in [4.69, 9.17) is 24.2 Å². The molecule has 0 radical (unpaired) electrons. The van der Waals surface area contributed by atoms with Crippen molar-refractivity contribution in [3.8, 4) is 11.6 Å². The van der Waals surface area contributed by atoms with Gasteiger partial charge in [0.2, 0.25) is 17.7 Å². The topological polar surface area (TPSA) is 169 Å². The Kier molecular flexibility index (Phi) is 8.99. The molecule has 3 N–H and O–H groups in total. The molecule has 1 aromatic carbocycles. The van der Waals surface area contributed by atoms with E-state index in [2.05, 4.69) is 17.2 Å². The lowest BCUT2D eigenvalue weighted by molar-refractivity contribution is -0.146. The average Bonchev–Trinajstić information content (AvgIpc) is 3.91. The van der Waals surface area contributed by atoms with Crippen LogP contribution < -0.4 is 20.1 Å². The van der Waals surface area contributed by atoms with Gasteiger partial charge in [-0.15, -0.1) is 6.58 Å². The monoisotopic (exact) mass is 663 g/mol. The summed E-state index contributed by atoms with van der Waals surface area (Å²) in [6, 6.07) is 3.35. The Balaban J connectivity index is 1.35. The standard InChI is InChI=1S/C35H45N5O8/c1-6-20-17-35(20,32(43)44)39-29(41)26-16-22-18-40(26)31(42)28(34(2,3)4)38-33(45)48-27-14-19(27)10-8-7-9-11-24-30(47-22)37-25-15-21(46-5)12-13-23(25)36-24/h6,12-13,15,19-20,22,26-28H,1,7-11,14,16-18H2,2-5H3,(H,38,45)(H,39,41)(H,43,44)/t19-,20-,22-,26+,27-,28-,35-/m1/s1. The molecular weight excluding hydrogens is 618 g/mol. The van der Waals surface area contributed by atoms with Crippen molar-refractivity contribution < 1.29 is 38.5 Å². The van der Waals surface area contributed by atoms with Gasteiger partial charge in [0.1, 0.15) is 41.3 Å². The van der Waals surface area contributed by atoms with Gasteiger partial charge < -0.3 is 34.9 Å². The van der Waals surface area contributed by atoms with E-state index in [0.717, 1.165) is 32.1 Å². The number of carboxylic acids is 1. The van der Waals surface area contributed by atoms with Crippen LogP contribution in [0.4, 0.5) is 4.79 Å². The van der Waals surface area contributed by atoms with Crippen LogP contribution in [0.3, 0.4) is 0 Å². The number of hydrogen-bond acceptors (Lipinski definition) is 9. The van der Waals surface area contributed by atoms with Crippen LogP contribution in [-0.2, 0) is 25.5 Å². The third kappa shape index (κ3) is 6.77. The summed E-state index contributed by atoms with van der Waals surface area (Å²) < 4.78 is 17.6. The second kappa shape index (κ2) is 12.9. The number of alkyl carbamates (subject to hydrolysis) is 1. The third-order valence-electron chi connectivity index (χ3n) is 10.0. The van der Waals surface area contributed by atoms with E-state index in [1.54, 1.807) is 13.2 Å². The van der Waals surface area contributed by atoms with Crippen molar-refractivity contribution in [2.24, 2.45) is 17.3 Å². The highest BCUT2D eigenvalue weighted by Crippen LogP contribution is 2.45. The van der Waals surface area contributed by atoms with E-state index < -0.39 is 58.9 Å². The van der Waals surface area contributed by atoms with E-state index in [1.807, 2.05) is 32.9 Å². The Bertz CT molecular complexity index is 1620. The molecule has 0 unspecified atom stereocenters. The Morgan fingerprint density at radius 1 is 1.15 bits per heavy atom. The fourth-order valence-electron chi connectivity index (χ4n) is 6.94. The average molecular weight is 664 g/mol. The highest BCUT2D eigenvalue weighted by atomic mass is 16.6. The summed E-state index contributed by atoms with van der Waals surface area (Å²) in [6.45, 7) is 9.19. The second-order valence-corrected chi connectivity index (χ2v) is 14.6. The highest BCUT2D eigenvalue weighted by molar-refractivity contribution is 5.96. The number of nitrogens with one attached hydrogen (secondary N) is 2. The van der Waals surface area contributed by atoms with Gasteiger partial charge in [-0.1, -0.05) is 39.7 Å². The number of nitrogens with zero attached hydrogens (tertiary/aromatic N) is 3. The number of benzene rings is 1. The first-order valence-electron chi connectivity index (χ1n) is 16.8. The van der Waals surface area contributed by atoms with Gasteiger partial charge in [0.25, 0.3) is 0 Å². The quantitative estimate of drug-likeness (QED) is 0.400. The maximum absolute atomic E-state index is 14.4. The van der Waals surface area contributed by atoms with E-state index >= 15 is 0 Å². The van der Waals surface area contributed by atoms with Crippen LogP contribution in [0.25, 0.3) is 11.0 Å². The summed E-state index contributed by atoms with van der Waals surface area (Å²) in [4.78, 5) is 64.7. The van der Waals surface area contributed by atoms with Gasteiger partial charge in [-0.05, 0) is 55.6 Å². The van der Waals surface area contributed by atoms with Crippen LogP contribution in [0.1, 0.15) is 71.4 Å². The zero-order valence-corrected chi connectivity index (χ0v) is 28.0. The van der Waals surface area contributed by atoms with Crippen LogP contribution >= 0.6 is 0 Å². The summed E-state index contributed by atoms with van der Waals surface area (Å²) in [5.41, 5.74) is -0.270. The van der Waals surface area contributed by atoms with Crippen molar-refractivity contribution in [3.05, 3.63) is 36.5 Å². The van der Waals surface area contributed by atoms with Gasteiger partial charge in [0, 0.05) is 18.4 Å². The molecule has 258 valence electrons. The maximum Gasteiger partial charge on any atom is 0.408 e. The van der Waals surface area contributed by atoms with Crippen molar-refractivity contribution in [2.75, 3.05) is 13.7 Å². The lowest BCUT2D eigenvalue weighted by Gasteiger charge is -2.35. The Morgan fingerprint density at radius 2 is 1.94 bits per heavy atom. The van der Waals surface area contributed by atoms with Crippen molar-refractivity contribution in [1.29, 1.82) is 0 Å². The van der Waals surface area contributed by atoms with E-state index in [9.17, 15) is 24.3 Å². The summed E-state index contributed by atoms with van der Waals surface area (Å²) in [6.07, 6.45) is 5.37. The molecule has 1 saturated heterocycles. The van der Waals surface area contributed by atoms with Crippen LogP contribution in [0.2, 0.25) is 0 Å². The molecule has 2 aliphatic heterocycles. The molecule has 4 aliphatic rings. The number of methoxy groups -OCH3 is 1. The van der Waals surface area contributed by atoms with Crippen molar-refractivity contribution >= 4 is 34.9 Å². The SMILES string of the molecule is C=C[C@@H]1C[C@]1(NC(=O)[C@@H]1C[C@@H]2CN1C(=O)[C@H](C(C)(C)C)NC(=O)O[C@@H]1C[C@H]1CCCCCc1nc3ccc(OC)cc3nc1O2)C(=O)O. The van der Waals surface area contributed by atoms with Crippen LogP contribution in [0.15, 0.2) is 30.9 Å². The van der Waals surface area contributed by atoms with Gasteiger partial charge in [-0.3, -0.25) is 9.59 Å². The van der Waals surface area contributed by atoms with Crippen molar-refractivity contribution in [2.45, 2.75) is 102 Å². The van der Waals surface area contributed by atoms with Crippen molar-refractivity contribution in [1.82, 2.24) is 25.5 Å². The Hall–Kier alpha value is -4.42. The summed E-state index contributed by atoms with van der Waals surface area (Å²) in [7, 11) is 1.57. The predicted molar refractivity (Wildman–Crippen MR) is 174 cm³/mol. The summed E-state index contributed by atoms with van der Waals surface area (Å²) in [5.74, 6) is -1.48. The second-order valence-electron chi connectivity index (χ2n) is 14.6. The third-order valence-corrected chi connectivity index (χ3v) is 10.0. The van der Waals surface area contributed by atoms with Gasteiger partial charge >= 0.3 is 12.1 Å². The molecule has 2 aromatic rings. The molecule has 13 nitrogen and oxygen atoms in total. The summed E-state index contributed by atoms with van der Waals surface area (Å²) in [5, 5.41) is 15.5. The minimum atomic E-state index is -1.49. The lowest BCUT2D eigenvalue weighted by Crippen LogP contribution is -2.59. The Morgan fingerprint density at radius 3 is 2.62 bits per heavy atom. The van der Waals surface area contributed by atoms with Crippen LogP contribution in [0, 0.1) is 17.3 Å². The number of aromatic nitrogens is 2. The number of fused-ring (bicyclic) bond motifs is 5. The molecule has 7 atom stereocenters. The molecule has 3 fully saturated rings. The van der Waals surface area contributed by atoms with Gasteiger partial charge in [-0.25, -0.2) is 19.6 Å². The summed E-state index contributed by atoms with van der Waals surface area (Å²) >= 11 is 0. The number of carbonyl (C=O) groups excluding carboxylic acids is 3. The number of amides is 3. The van der Waals surface area contributed by atoms with Gasteiger partial charge in [0.05, 0.1) is 24.7 Å². The molecule has 2 bridgehead atoms. The normalized spacial score (nSPS) is 30.7. The zero-order chi connectivity index (χ0) is 34.4. The number of aliphatic carboxylic acids is 1. The minimum Gasteiger partial charge on any atom is -0.497 e. The molecule has 3 heterocycles. The molecule has 3 amide bonds. The number of rotatable bonds is 5. The number of carboxylic acid groups (broad SMARTS) is 1. The minimum absolute atomic E-state index is 0.00710. The molecular formula is C35H45N5O8. The fraction of sp³-hybridized carbons (Fsp3) is 0.600. The van der Waals surface area contributed by atoms with E-state index in [1.165, 1.54) is 11.0 Å². The van der Waals surface area contributed by atoms with E-state index in [-0.39, 0.29) is 31.4 Å². The Labute approximate surface area is 279 Å². The first kappa shape index (κ1) is 33.5. The van der Waals surface area contributed by atoms with Crippen LogP contribution in [-0.4, -0.2) is 87.3 Å². The number of hydrogen-bond donors (Lipinski definition) is 3. The molecule has 48 heavy (non-hydrogen) atoms. The maximum atomic E-state index is 14.4. The molecule has 2 saturated carbocycles. The first-order chi connectivity index (χ1) is 22.8. The highest BCUT2D eigenvalue weighted by Gasteiger charge is 2.61. The molecule has 2 aliphatic carbocycles.